The van der Waals surface area contributed by atoms with Crippen molar-refractivity contribution in [3.63, 3.8) is 0 Å². The number of carbonyl (C=O) groups excluding carboxylic acids is 4. The summed E-state index contributed by atoms with van der Waals surface area (Å²) >= 11 is 0. The van der Waals surface area contributed by atoms with Gasteiger partial charge in [-0.1, -0.05) is 55.1 Å². The Hall–Kier alpha value is -4.39. The molecule has 1 aromatic carbocycles. The van der Waals surface area contributed by atoms with Crippen molar-refractivity contribution in [1.29, 1.82) is 0 Å². The number of benzene rings is 1. The van der Waals surface area contributed by atoms with Crippen LogP contribution in [0.3, 0.4) is 0 Å². The molecule has 146 valence electrons. The summed E-state index contributed by atoms with van der Waals surface area (Å²) in [5.74, 6) is -2.37. The Morgan fingerprint density at radius 2 is 1.47 bits per heavy atom. The molecule has 0 saturated heterocycles. The summed E-state index contributed by atoms with van der Waals surface area (Å²) in [5, 5.41) is 4.38. The van der Waals surface area contributed by atoms with Gasteiger partial charge in [-0.05, 0) is 11.1 Å². The van der Waals surface area contributed by atoms with Gasteiger partial charge in [-0.15, -0.1) is 0 Å². The van der Waals surface area contributed by atoms with Crippen molar-refractivity contribution in [1.82, 2.24) is 15.6 Å². The molecule has 4 amide bonds. The molecular formula is C23H15N3O4. The summed E-state index contributed by atoms with van der Waals surface area (Å²) in [7, 11) is 0. The van der Waals surface area contributed by atoms with Crippen LogP contribution in [0.2, 0.25) is 0 Å². The standard InChI is InChI=1S/C23H15N3O4/c1-2-14-12-24-21(17-11-19(28)26-23(17)30)20(16-10-18(27)25-22(16)29)15(14)9-8-13-6-4-3-5-7-13/h2-12H,1H2,(H,25,27,29)(H,26,28,30). The summed E-state index contributed by atoms with van der Waals surface area (Å²) in [6.07, 6.45) is 8.95. The molecule has 0 aliphatic carbocycles. The first-order valence-corrected chi connectivity index (χ1v) is 9.01. The van der Waals surface area contributed by atoms with Crippen LogP contribution in [0, 0.1) is 0 Å². The van der Waals surface area contributed by atoms with Gasteiger partial charge in [0.25, 0.3) is 23.6 Å². The molecule has 0 atom stereocenters. The fourth-order valence-corrected chi connectivity index (χ4v) is 3.29. The van der Waals surface area contributed by atoms with Gasteiger partial charge in [0, 0.05) is 29.5 Å². The molecule has 7 nitrogen and oxygen atoms in total. The van der Waals surface area contributed by atoms with E-state index in [-0.39, 0.29) is 22.4 Å². The molecule has 2 aliphatic rings. The van der Waals surface area contributed by atoms with Gasteiger partial charge >= 0.3 is 0 Å². The van der Waals surface area contributed by atoms with Crippen molar-refractivity contribution < 1.29 is 19.2 Å². The Bertz CT molecular complexity index is 1220. The lowest BCUT2D eigenvalue weighted by molar-refractivity contribution is -0.124. The van der Waals surface area contributed by atoms with Gasteiger partial charge in [0.15, 0.2) is 0 Å². The number of nitrogens with one attached hydrogen (secondary N) is 2. The normalized spacial score (nSPS) is 15.9. The highest BCUT2D eigenvalue weighted by Gasteiger charge is 2.32. The first-order chi connectivity index (χ1) is 14.5. The first-order valence-electron chi connectivity index (χ1n) is 9.01. The van der Waals surface area contributed by atoms with E-state index >= 15 is 0 Å². The summed E-state index contributed by atoms with van der Waals surface area (Å²) in [6.45, 7) is 3.79. The van der Waals surface area contributed by atoms with Gasteiger partial charge in [-0.3, -0.25) is 34.8 Å². The molecule has 7 heteroatoms. The fourth-order valence-electron chi connectivity index (χ4n) is 3.29. The number of aromatic nitrogens is 1. The van der Waals surface area contributed by atoms with Gasteiger partial charge in [0.05, 0.1) is 16.8 Å². The third kappa shape index (κ3) is 3.40. The molecule has 0 bridgehead atoms. The highest BCUT2D eigenvalue weighted by atomic mass is 16.2. The van der Waals surface area contributed by atoms with Crippen molar-refractivity contribution in [3.05, 3.63) is 83.2 Å². The number of carbonyl (C=O) groups is 4. The number of hydrogen-bond acceptors (Lipinski definition) is 5. The molecule has 0 spiro atoms. The van der Waals surface area contributed by atoms with Gasteiger partial charge in [0.2, 0.25) is 0 Å². The van der Waals surface area contributed by atoms with Crippen molar-refractivity contribution in [2.45, 2.75) is 0 Å². The molecule has 0 unspecified atom stereocenters. The molecule has 30 heavy (non-hydrogen) atoms. The molecule has 4 rings (SSSR count). The third-order valence-electron chi connectivity index (χ3n) is 4.65. The Kier molecular flexibility index (Phi) is 4.77. The van der Waals surface area contributed by atoms with E-state index in [1.165, 1.54) is 6.20 Å². The van der Waals surface area contributed by atoms with E-state index in [1.54, 1.807) is 12.2 Å². The molecule has 0 radical (unpaired) electrons. The van der Waals surface area contributed by atoms with Gasteiger partial charge in [-0.2, -0.15) is 0 Å². The van der Waals surface area contributed by atoms with E-state index in [9.17, 15) is 19.2 Å². The summed E-state index contributed by atoms with van der Waals surface area (Å²) < 4.78 is 0. The minimum absolute atomic E-state index is 0.0213. The van der Waals surface area contributed by atoms with Crippen molar-refractivity contribution >= 4 is 53.0 Å². The maximum atomic E-state index is 12.5. The smallest absolute Gasteiger partial charge is 0.260 e. The van der Waals surface area contributed by atoms with Crippen LogP contribution in [-0.4, -0.2) is 28.6 Å². The second-order valence-corrected chi connectivity index (χ2v) is 6.55. The van der Waals surface area contributed by atoms with Crippen LogP contribution >= 0.6 is 0 Å². The van der Waals surface area contributed by atoms with Crippen LogP contribution in [0.15, 0.2) is 55.3 Å². The van der Waals surface area contributed by atoms with Crippen molar-refractivity contribution in [2.75, 3.05) is 0 Å². The van der Waals surface area contributed by atoms with Crippen LogP contribution < -0.4 is 10.6 Å². The average molecular weight is 397 g/mol. The van der Waals surface area contributed by atoms with Crippen molar-refractivity contribution in [3.8, 4) is 0 Å². The zero-order chi connectivity index (χ0) is 21.3. The highest BCUT2D eigenvalue weighted by Crippen LogP contribution is 2.34. The Labute approximate surface area is 171 Å². The maximum Gasteiger partial charge on any atom is 0.260 e. The predicted molar refractivity (Wildman–Crippen MR) is 112 cm³/mol. The molecule has 2 N–H and O–H groups in total. The highest BCUT2D eigenvalue weighted by molar-refractivity contribution is 6.38. The molecule has 3 heterocycles. The van der Waals surface area contributed by atoms with E-state index in [0.717, 1.165) is 17.7 Å². The minimum atomic E-state index is -0.622. The fraction of sp³-hybridized carbons (Fsp3) is 0. The molecule has 2 aromatic rings. The van der Waals surface area contributed by atoms with Crippen LogP contribution in [-0.2, 0) is 19.2 Å². The van der Waals surface area contributed by atoms with E-state index < -0.39 is 23.6 Å². The van der Waals surface area contributed by atoms with E-state index in [1.807, 2.05) is 36.4 Å². The zero-order valence-electron chi connectivity index (χ0n) is 15.6. The zero-order valence-corrected chi connectivity index (χ0v) is 15.6. The van der Waals surface area contributed by atoms with E-state index in [2.05, 4.69) is 22.2 Å². The van der Waals surface area contributed by atoms with E-state index in [0.29, 0.717) is 11.1 Å². The Morgan fingerprint density at radius 3 is 2.03 bits per heavy atom. The number of imide groups is 2. The first kappa shape index (κ1) is 18.9. The summed E-state index contributed by atoms with van der Waals surface area (Å²) in [5.41, 5.74) is 2.54. The molecule has 0 fully saturated rings. The number of rotatable bonds is 5. The Balaban J connectivity index is 1.99. The van der Waals surface area contributed by atoms with Crippen molar-refractivity contribution in [2.24, 2.45) is 0 Å². The second kappa shape index (κ2) is 7.56. The largest absolute Gasteiger partial charge is 0.289 e. The van der Waals surface area contributed by atoms with Crippen LogP contribution in [0.4, 0.5) is 0 Å². The minimum Gasteiger partial charge on any atom is -0.289 e. The lowest BCUT2D eigenvalue weighted by Crippen LogP contribution is -2.23. The summed E-state index contributed by atoms with van der Waals surface area (Å²) in [6, 6.07) is 9.48. The quantitative estimate of drug-likeness (QED) is 0.751. The van der Waals surface area contributed by atoms with Crippen LogP contribution in [0.1, 0.15) is 27.9 Å². The number of amides is 4. The molecular weight excluding hydrogens is 382 g/mol. The van der Waals surface area contributed by atoms with Crippen LogP contribution in [0.5, 0.6) is 0 Å². The number of nitrogens with zero attached hydrogens (tertiary/aromatic N) is 1. The van der Waals surface area contributed by atoms with Gasteiger partial charge in [0.1, 0.15) is 0 Å². The number of pyridine rings is 1. The van der Waals surface area contributed by atoms with Gasteiger partial charge < -0.3 is 0 Å². The second-order valence-electron chi connectivity index (χ2n) is 6.55. The molecule has 1 aromatic heterocycles. The number of hydrogen-bond donors (Lipinski definition) is 2. The lowest BCUT2D eigenvalue weighted by atomic mass is 9.91. The lowest BCUT2D eigenvalue weighted by Gasteiger charge is -2.15. The third-order valence-corrected chi connectivity index (χ3v) is 4.65. The molecule has 0 saturated carbocycles. The van der Waals surface area contributed by atoms with E-state index in [4.69, 9.17) is 0 Å². The maximum absolute atomic E-state index is 12.5. The molecule has 2 aliphatic heterocycles. The monoisotopic (exact) mass is 397 g/mol. The van der Waals surface area contributed by atoms with Gasteiger partial charge in [-0.25, -0.2) is 0 Å². The topological polar surface area (TPSA) is 105 Å². The average Bonchev–Trinajstić information content (AvgIpc) is 3.25. The SMILES string of the molecule is C=Cc1cnc(C2=CC(=O)NC2=O)c(C2=CC(=O)NC2=O)c1C=Cc1ccccc1. The Morgan fingerprint density at radius 1 is 0.833 bits per heavy atom. The van der Waals surface area contributed by atoms with Crippen LogP contribution in [0.25, 0.3) is 29.4 Å². The predicted octanol–water partition coefficient (Wildman–Crippen LogP) is 1.97. The summed E-state index contributed by atoms with van der Waals surface area (Å²) in [4.78, 5) is 52.6.